The van der Waals surface area contributed by atoms with E-state index in [4.69, 9.17) is 0 Å². The monoisotopic (exact) mass is 278 g/mol. The van der Waals surface area contributed by atoms with Gasteiger partial charge in [0.05, 0.1) is 10.9 Å². The van der Waals surface area contributed by atoms with Crippen molar-refractivity contribution in [3.05, 3.63) is 38.3 Å². The summed E-state index contributed by atoms with van der Waals surface area (Å²) < 4.78 is 1.000. The maximum absolute atomic E-state index is 11.9. The number of benzene rings is 1. The minimum absolute atomic E-state index is 0.0255. The van der Waals surface area contributed by atoms with Crippen molar-refractivity contribution in [1.82, 2.24) is 9.97 Å². The molecule has 0 saturated heterocycles. The predicted molar refractivity (Wildman–Crippen MR) is 66.8 cm³/mol. The molecule has 4 heteroatoms. The topological polar surface area (TPSA) is 45.8 Å². The Kier molecular flexibility index (Phi) is 2.14. The van der Waals surface area contributed by atoms with Crippen LogP contribution in [0.4, 0.5) is 0 Å². The van der Waals surface area contributed by atoms with Crippen LogP contribution in [0.2, 0.25) is 0 Å². The highest BCUT2D eigenvalue weighted by Gasteiger charge is 2.26. The molecule has 0 spiro atoms. The molecule has 0 amide bonds. The first-order valence-corrected chi connectivity index (χ1v) is 6.15. The first-order valence-electron chi connectivity index (χ1n) is 5.36. The molecule has 0 aliphatic heterocycles. The van der Waals surface area contributed by atoms with Crippen molar-refractivity contribution < 1.29 is 0 Å². The Morgan fingerprint density at radius 3 is 2.88 bits per heavy atom. The van der Waals surface area contributed by atoms with Crippen molar-refractivity contribution in [2.75, 3.05) is 0 Å². The molecule has 3 nitrogen and oxygen atoms in total. The molecule has 0 atom stereocenters. The minimum Gasteiger partial charge on any atom is -0.310 e. The summed E-state index contributed by atoms with van der Waals surface area (Å²) >= 11 is 3.47. The number of aryl methyl sites for hydroxylation is 1. The van der Waals surface area contributed by atoms with Crippen LogP contribution in [0, 0.1) is 6.92 Å². The lowest BCUT2D eigenvalue weighted by Gasteiger charge is -2.05. The smallest absolute Gasteiger partial charge is 0.258 e. The molecule has 0 radical (unpaired) electrons. The Labute approximate surface area is 101 Å². The normalized spacial score (nSPS) is 15.6. The van der Waals surface area contributed by atoms with Crippen LogP contribution in [-0.4, -0.2) is 9.97 Å². The van der Waals surface area contributed by atoms with Gasteiger partial charge in [-0.05, 0) is 37.5 Å². The largest absolute Gasteiger partial charge is 0.310 e. The van der Waals surface area contributed by atoms with Gasteiger partial charge in [-0.2, -0.15) is 0 Å². The lowest BCUT2D eigenvalue weighted by molar-refractivity contribution is 0.929. The number of aromatic nitrogens is 2. The highest BCUT2D eigenvalue weighted by atomic mass is 79.9. The van der Waals surface area contributed by atoms with Crippen LogP contribution in [0.3, 0.4) is 0 Å². The Hall–Kier alpha value is -1.16. The lowest BCUT2D eigenvalue weighted by atomic mass is 10.1. The molecular weight excluding hydrogens is 268 g/mol. The summed E-state index contributed by atoms with van der Waals surface area (Å²) in [5.41, 5.74) is 1.83. The number of nitrogens with zero attached hydrogens (tertiary/aromatic N) is 1. The Balaban J connectivity index is 2.38. The van der Waals surface area contributed by atoms with Gasteiger partial charge in [-0.1, -0.05) is 15.9 Å². The van der Waals surface area contributed by atoms with E-state index in [2.05, 4.69) is 25.9 Å². The molecule has 1 saturated carbocycles. The molecule has 1 aliphatic rings. The number of H-pyrrole nitrogens is 1. The van der Waals surface area contributed by atoms with Crippen molar-refractivity contribution in [1.29, 1.82) is 0 Å². The average molecular weight is 279 g/mol. The third-order valence-corrected chi connectivity index (χ3v) is 3.91. The second kappa shape index (κ2) is 3.42. The third-order valence-electron chi connectivity index (χ3n) is 3.05. The maximum Gasteiger partial charge on any atom is 0.258 e. The zero-order valence-electron chi connectivity index (χ0n) is 8.88. The fraction of sp³-hybridized carbons (Fsp3) is 0.333. The number of nitrogens with one attached hydrogen (secondary N) is 1. The Morgan fingerprint density at radius 1 is 1.44 bits per heavy atom. The highest BCUT2D eigenvalue weighted by Crippen LogP contribution is 2.38. The van der Waals surface area contributed by atoms with E-state index in [1.165, 1.54) is 0 Å². The van der Waals surface area contributed by atoms with E-state index < -0.39 is 0 Å². The minimum atomic E-state index is -0.0255. The van der Waals surface area contributed by atoms with Crippen molar-refractivity contribution in [3.63, 3.8) is 0 Å². The summed E-state index contributed by atoms with van der Waals surface area (Å²) in [5, 5.41) is 0.671. The van der Waals surface area contributed by atoms with Gasteiger partial charge in [0.25, 0.3) is 5.56 Å². The van der Waals surface area contributed by atoms with E-state index in [1.807, 2.05) is 19.1 Å². The molecule has 1 N–H and O–H groups in total. The van der Waals surface area contributed by atoms with Gasteiger partial charge in [-0.25, -0.2) is 4.98 Å². The number of rotatable bonds is 1. The lowest BCUT2D eigenvalue weighted by Crippen LogP contribution is -2.12. The summed E-state index contributed by atoms with van der Waals surface area (Å²) in [6.07, 6.45) is 2.28. The molecule has 3 rings (SSSR count). The van der Waals surface area contributed by atoms with Gasteiger partial charge in [0.1, 0.15) is 5.82 Å². The Morgan fingerprint density at radius 2 is 2.19 bits per heavy atom. The molecule has 82 valence electrons. The highest BCUT2D eigenvalue weighted by molar-refractivity contribution is 9.10. The molecule has 1 aromatic heterocycles. The van der Waals surface area contributed by atoms with Gasteiger partial charge in [-0.3, -0.25) is 4.79 Å². The Bertz CT molecular complexity index is 629. The fourth-order valence-corrected chi connectivity index (χ4v) is 2.20. The van der Waals surface area contributed by atoms with Gasteiger partial charge < -0.3 is 4.98 Å². The standard InChI is InChI=1S/C12H11BrN2O/c1-6-9(13)5-4-8-10(6)14-11(7-2-3-7)15-12(8)16/h4-5,7H,2-3H2,1H3,(H,14,15,16). The van der Waals surface area contributed by atoms with E-state index in [9.17, 15) is 4.79 Å². The van der Waals surface area contributed by atoms with E-state index in [0.717, 1.165) is 34.2 Å². The van der Waals surface area contributed by atoms with Crippen LogP contribution in [0.25, 0.3) is 10.9 Å². The van der Waals surface area contributed by atoms with E-state index in [0.29, 0.717) is 11.3 Å². The van der Waals surface area contributed by atoms with Crippen molar-refractivity contribution >= 4 is 26.8 Å². The number of aromatic amines is 1. The summed E-state index contributed by atoms with van der Waals surface area (Å²) in [7, 11) is 0. The van der Waals surface area contributed by atoms with E-state index in [-0.39, 0.29) is 5.56 Å². The van der Waals surface area contributed by atoms with Crippen molar-refractivity contribution in [2.24, 2.45) is 0 Å². The number of halogens is 1. The molecule has 1 heterocycles. The van der Waals surface area contributed by atoms with Gasteiger partial charge >= 0.3 is 0 Å². The third kappa shape index (κ3) is 1.48. The zero-order chi connectivity index (χ0) is 11.3. The predicted octanol–water partition coefficient (Wildman–Crippen LogP) is 2.87. The van der Waals surface area contributed by atoms with Gasteiger partial charge in [-0.15, -0.1) is 0 Å². The second-order valence-corrected chi connectivity index (χ2v) is 5.15. The van der Waals surface area contributed by atoms with Gasteiger partial charge in [0.15, 0.2) is 0 Å². The molecule has 1 aliphatic carbocycles. The first kappa shape index (κ1) is 10.0. The number of hydrogen-bond donors (Lipinski definition) is 1. The van der Waals surface area contributed by atoms with Crippen LogP contribution < -0.4 is 5.56 Å². The van der Waals surface area contributed by atoms with Crippen molar-refractivity contribution in [2.45, 2.75) is 25.7 Å². The number of hydrogen-bond acceptors (Lipinski definition) is 2. The number of fused-ring (bicyclic) bond motifs is 1. The van der Waals surface area contributed by atoms with Gasteiger partial charge in [0, 0.05) is 10.4 Å². The summed E-state index contributed by atoms with van der Waals surface area (Å²) in [4.78, 5) is 19.3. The van der Waals surface area contributed by atoms with E-state index >= 15 is 0 Å². The molecule has 0 bridgehead atoms. The fourth-order valence-electron chi connectivity index (χ4n) is 1.89. The summed E-state index contributed by atoms with van der Waals surface area (Å²) in [6, 6.07) is 3.71. The molecule has 2 aromatic rings. The maximum atomic E-state index is 11.9. The average Bonchev–Trinajstić information content (AvgIpc) is 3.07. The van der Waals surface area contributed by atoms with Crippen LogP contribution in [0.1, 0.15) is 30.1 Å². The van der Waals surface area contributed by atoms with Crippen LogP contribution in [-0.2, 0) is 0 Å². The SMILES string of the molecule is Cc1c(Br)ccc2c(=O)[nH]c(C3CC3)nc12. The zero-order valence-corrected chi connectivity index (χ0v) is 10.5. The molecule has 1 aromatic carbocycles. The molecule has 16 heavy (non-hydrogen) atoms. The molecule has 1 fully saturated rings. The summed E-state index contributed by atoms with van der Waals surface area (Å²) in [5.74, 6) is 1.31. The quantitative estimate of drug-likeness (QED) is 0.872. The molecular formula is C12H11BrN2O. The summed E-state index contributed by atoms with van der Waals surface area (Å²) in [6.45, 7) is 1.98. The molecule has 0 unspecified atom stereocenters. The van der Waals surface area contributed by atoms with Crippen LogP contribution in [0.5, 0.6) is 0 Å². The first-order chi connectivity index (χ1) is 7.66. The van der Waals surface area contributed by atoms with E-state index in [1.54, 1.807) is 0 Å². The van der Waals surface area contributed by atoms with Crippen molar-refractivity contribution in [3.8, 4) is 0 Å². The van der Waals surface area contributed by atoms with Crippen LogP contribution in [0.15, 0.2) is 21.4 Å². The second-order valence-electron chi connectivity index (χ2n) is 4.29. The van der Waals surface area contributed by atoms with Crippen LogP contribution >= 0.6 is 15.9 Å². The van der Waals surface area contributed by atoms with Gasteiger partial charge in [0.2, 0.25) is 0 Å².